The molecule has 0 spiro atoms. The fourth-order valence-corrected chi connectivity index (χ4v) is 5.34. The number of β-amino-alcohol motifs (C(OH)–C–C–N with tert-alkyl or cyclic N) is 1. The minimum atomic E-state index is -0.672. The Hall–Kier alpha value is -2.74. The van der Waals surface area contributed by atoms with E-state index in [4.69, 9.17) is 19.5 Å². The van der Waals surface area contributed by atoms with Gasteiger partial charge in [0.15, 0.2) is 0 Å². The van der Waals surface area contributed by atoms with Crippen LogP contribution in [0.4, 0.5) is 4.39 Å². The van der Waals surface area contributed by atoms with Crippen molar-refractivity contribution in [3.8, 4) is 11.8 Å². The second-order valence-electron chi connectivity index (χ2n) is 9.32. The summed E-state index contributed by atoms with van der Waals surface area (Å²) < 4.78 is 30.8. The van der Waals surface area contributed by atoms with Crippen molar-refractivity contribution in [1.82, 2.24) is 9.80 Å². The summed E-state index contributed by atoms with van der Waals surface area (Å²) in [6, 6.07) is 8.61. The van der Waals surface area contributed by atoms with E-state index < -0.39 is 11.9 Å². The number of cyclic esters (lactones) is 1. The number of morpholine rings is 1. The van der Waals surface area contributed by atoms with Crippen LogP contribution in [0.5, 0.6) is 5.75 Å². The average molecular weight is 518 g/mol. The van der Waals surface area contributed by atoms with Gasteiger partial charge in [0.05, 0.1) is 31.5 Å². The minimum Gasteiger partial charge on any atom is -0.495 e. The predicted molar refractivity (Wildman–Crippen MR) is 131 cm³/mol. The van der Waals surface area contributed by atoms with Gasteiger partial charge < -0.3 is 19.3 Å². The SMILES string of the molecule is COc1cc([C@H]2CN3CCN(C[C@H](O)c4ccc5c(c4C)COC5=O)C[C@@H]3CO2)cc(F)c1C#N.Cl. The number of hydrogen-bond acceptors (Lipinski definition) is 8. The topological polar surface area (TPSA) is 95.3 Å². The van der Waals surface area contributed by atoms with Gasteiger partial charge in [0.25, 0.3) is 0 Å². The second-order valence-corrected chi connectivity index (χ2v) is 9.32. The Morgan fingerprint density at radius 2 is 2.11 bits per heavy atom. The molecule has 0 unspecified atom stereocenters. The fraction of sp³-hybridized carbons (Fsp3) is 0.462. The molecule has 1 N–H and O–H groups in total. The molecule has 3 aliphatic heterocycles. The molecule has 8 nitrogen and oxygen atoms in total. The van der Waals surface area contributed by atoms with Gasteiger partial charge in [-0.25, -0.2) is 9.18 Å². The minimum absolute atomic E-state index is 0. The first-order valence-corrected chi connectivity index (χ1v) is 11.7. The smallest absolute Gasteiger partial charge is 0.338 e. The predicted octanol–water partition coefficient (Wildman–Crippen LogP) is 2.90. The molecule has 0 saturated carbocycles. The molecule has 3 aliphatic rings. The van der Waals surface area contributed by atoms with Gasteiger partial charge in [-0.2, -0.15) is 5.26 Å². The molecule has 2 aromatic carbocycles. The summed E-state index contributed by atoms with van der Waals surface area (Å²) in [7, 11) is 1.42. The molecule has 3 heterocycles. The molecule has 10 heteroatoms. The van der Waals surface area contributed by atoms with Crippen LogP contribution in [0.15, 0.2) is 24.3 Å². The Labute approximate surface area is 215 Å². The molecule has 192 valence electrons. The molecule has 2 fully saturated rings. The molecule has 3 atom stereocenters. The average Bonchev–Trinajstić information content (AvgIpc) is 3.24. The lowest BCUT2D eigenvalue weighted by atomic mass is 9.95. The van der Waals surface area contributed by atoms with E-state index in [-0.39, 0.29) is 48.4 Å². The van der Waals surface area contributed by atoms with Gasteiger partial charge in [-0.15, -0.1) is 12.4 Å². The zero-order valence-corrected chi connectivity index (χ0v) is 21.0. The van der Waals surface area contributed by atoms with Gasteiger partial charge in [0, 0.05) is 44.3 Å². The number of aliphatic hydroxyl groups is 1. The maximum Gasteiger partial charge on any atom is 0.338 e. The number of halogens is 2. The summed E-state index contributed by atoms with van der Waals surface area (Å²) in [5.41, 5.74) is 3.73. The van der Waals surface area contributed by atoms with E-state index in [1.54, 1.807) is 12.1 Å². The number of aliphatic hydroxyl groups excluding tert-OH is 1. The highest BCUT2D eigenvalue weighted by molar-refractivity contribution is 5.93. The van der Waals surface area contributed by atoms with Crippen molar-refractivity contribution in [1.29, 1.82) is 5.26 Å². The molecule has 0 aliphatic carbocycles. The van der Waals surface area contributed by atoms with Crippen molar-refractivity contribution in [2.75, 3.05) is 46.4 Å². The molecule has 0 amide bonds. The summed E-state index contributed by atoms with van der Waals surface area (Å²) in [6.07, 6.45) is -0.979. The van der Waals surface area contributed by atoms with Crippen LogP contribution in [-0.4, -0.2) is 73.4 Å². The normalized spacial score (nSPS) is 22.6. The first-order valence-electron chi connectivity index (χ1n) is 11.7. The summed E-state index contributed by atoms with van der Waals surface area (Å²) >= 11 is 0. The molecule has 5 rings (SSSR count). The first kappa shape index (κ1) is 26.3. The third-order valence-corrected chi connectivity index (χ3v) is 7.36. The highest BCUT2D eigenvalue weighted by Gasteiger charge is 2.35. The molecular weight excluding hydrogens is 489 g/mol. The monoisotopic (exact) mass is 517 g/mol. The number of hydrogen-bond donors (Lipinski definition) is 1. The van der Waals surface area contributed by atoms with Gasteiger partial charge in [0.2, 0.25) is 0 Å². The quantitative estimate of drug-likeness (QED) is 0.605. The Balaban J connectivity index is 0.00000304. The molecule has 2 aromatic rings. The number of rotatable bonds is 5. The molecular formula is C26H29ClFN3O5. The Morgan fingerprint density at radius 1 is 1.31 bits per heavy atom. The summed E-state index contributed by atoms with van der Waals surface area (Å²) in [5, 5.41) is 20.1. The third kappa shape index (κ3) is 4.80. The molecule has 0 bridgehead atoms. The zero-order chi connectivity index (χ0) is 24.7. The maximum absolute atomic E-state index is 14.4. The number of carbonyl (C=O) groups is 1. The van der Waals surface area contributed by atoms with Crippen LogP contribution in [0, 0.1) is 24.1 Å². The highest BCUT2D eigenvalue weighted by Crippen LogP contribution is 2.33. The molecule has 36 heavy (non-hydrogen) atoms. The number of methoxy groups -OCH3 is 1. The van der Waals surface area contributed by atoms with Crippen LogP contribution >= 0.6 is 12.4 Å². The number of nitriles is 1. The lowest BCUT2D eigenvalue weighted by Gasteiger charge is -2.46. The number of piperazine rings is 1. The van der Waals surface area contributed by atoms with E-state index in [1.807, 2.05) is 19.1 Å². The van der Waals surface area contributed by atoms with Crippen molar-refractivity contribution in [3.05, 3.63) is 63.5 Å². The number of ether oxygens (including phenoxy) is 3. The van der Waals surface area contributed by atoms with Crippen molar-refractivity contribution < 1.29 is 28.5 Å². The first-order chi connectivity index (χ1) is 16.9. The van der Waals surface area contributed by atoms with Crippen LogP contribution in [-0.2, 0) is 16.1 Å². The van der Waals surface area contributed by atoms with E-state index in [0.717, 1.165) is 36.3 Å². The molecule has 2 saturated heterocycles. The third-order valence-electron chi connectivity index (χ3n) is 7.36. The van der Waals surface area contributed by atoms with E-state index in [9.17, 15) is 14.3 Å². The van der Waals surface area contributed by atoms with E-state index in [2.05, 4.69) is 9.80 Å². The lowest BCUT2D eigenvalue weighted by Crippen LogP contribution is -2.58. The van der Waals surface area contributed by atoms with Crippen molar-refractivity contribution in [3.63, 3.8) is 0 Å². The number of esters is 1. The van der Waals surface area contributed by atoms with Crippen molar-refractivity contribution in [2.24, 2.45) is 0 Å². The van der Waals surface area contributed by atoms with E-state index >= 15 is 0 Å². The second kappa shape index (κ2) is 10.7. The van der Waals surface area contributed by atoms with Gasteiger partial charge in [0.1, 0.15) is 29.8 Å². The maximum atomic E-state index is 14.4. The van der Waals surface area contributed by atoms with Crippen LogP contribution in [0.2, 0.25) is 0 Å². The summed E-state index contributed by atoms with van der Waals surface area (Å²) in [5.74, 6) is -0.702. The Morgan fingerprint density at radius 3 is 2.86 bits per heavy atom. The van der Waals surface area contributed by atoms with E-state index in [0.29, 0.717) is 30.8 Å². The largest absolute Gasteiger partial charge is 0.495 e. The van der Waals surface area contributed by atoms with Crippen molar-refractivity contribution >= 4 is 18.4 Å². The molecule has 0 radical (unpaired) electrons. The van der Waals surface area contributed by atoms with Gasteiger partial charge in [-0.05, 0) is 41.8 Å². The van der Waals surface area contributed by atoms with Crippen LogP contribution in [0.3, 0.4) is 0 Å². The fourth-order valence-electron chi connectivity index (χ4n) is 5.34. The number of benzene rings is 2. The van der Waals surface area contributed by atoms with Crippen molar-refractivity contribution in [2.45, 2.75) is 31.8 Å². The number of carbonyl (C=O) groups excluding carboxylic acids is 1. The van der Waals surface area contributed by atoms with Gasteiger partial charge in [-0.1, -0.05) is 6.07 Å². The standard InChI is InChI=1S/C26H28FN3O5.ClH/c1-15-18(3-4-19-21(15)14-35-26(19)32)23(31)11-29-5-6-30-12-25(34-13-17(30)10-29)16-7-22(27)20(9-28)24(8-16)33-2;/h3-4,7-8,17,23,25,31H,5-6,10-14H2,1-2H3;1H/t17-,23+,25-;/m1./s1. The Kier molecular flexibility index (Phi) is 7.83. The summed E-state index contributed by atoms with van der Waals surface area (Å²) in [4.78, 5) is 16.4. The van der Waals surface area contributed by atoms with Crippen LogP contribution < -0.4 is 4.74 Å². The van der Waals surface area contributed by atoms with Gasteiger partial charge in [-0.3, -0.25) is 9.80 Å². The van der Waals surface area contributed by atoms with Crippen LogP contribution in [0.25, 0.3) is 0 Å². The molecule has 0 aromatic heterocycles. The zero-order valence-electron chi connectivity index (χ0n) is 20.2. The highest BCUT2D eigenvalue weighted by atomic mass is 35.5. The summed E-state index contributed by atoms with van der Waals surface area (Å²) in [6.45, 7) is 6.12. The number of fused-ring (bicyclic) bond motifs is 2. The van der Waals surface area contributed by atoms with Gasteiger partial charge >= 0.3 is 5.97 Å². The lowest BCUT2D eigenvalue weighted by molar-refractivity contribution is -0.0938. The Bertz CT molecular complexity index is 1200. The number of nitrogens with zero attached hydrogens (tertiary/aromatic N) is 3. The van der Waals surface area contributed by atoms with Crippen LogP contribution in [0.1, 0.15) is 50.4 Å². The van der Waals surface area contributed by atoms with E-state index in [1.165, 1.54) is 13.2 Å².